The van der Waals surface area contributed by atoms with Gasteiger partial charge in [-0.05, 0) is 26.3 Å². The van der Waals surface area contributed by atoms with E-state index in [2.05, 4.69) is 20.2 Å². The number of aryl methyl sites for hydroxylation is 2. The van der Waals surface area contributed by atoms with Gasteiger partial charge in [0.05, 0.1) is 11.9 Å². The fourth-order valence-electron chi connectivity index (χ4n) is 2.09. The number of rotatable bonds is 4. The van der Waals surface area contributed by atoms with Crippen LogP contribution in [-0.2, 0) is 13.1 Å². The molecule has 2 aromatic heterocycles. The van der Waals surface area contributed by atoms with E-state index in [4.69, 9.17) is 5.26 Å². The maximum atomic E-state index is 8.96. The summed E-state index contributed by atoms with van der Waals surface area (Å²) in [7, 11) is 0. The minimum absolute atomic E-state index is 0.783. The van der Waals surface area contributed by atoms with Crippen LogP contribution < -0.4 is 0 Å². The number of imidazole rings is 1. The zero-order valence-electron chi connectivity index (χ0n) is 10.2. The summed E-state index contributed by atoms with van der Waals surface area (Å²) in [5, 5.41) is 8.96. The number of hydrogen-bond acceptors (Lipinski definition) is 2. The van der Waals surface area contributed by atoms with Gasteiger partial charge in [-0.1, -0.05) is 0 Å². The third-order valence-corrected chi connectivity index (χ3v) is 3.05. The van der Waals surface area contributed by atoms with Gasteiger partial charge in [-0.25, -0.2) is 4.98 Å². The van der Waals surface area contributed by atoms with Gasteiger partial charge in [-0.15, -0.1) is 0 Å². The Morgan fingerprint density at radius 2 is 2.18 bits per heavy atom. The van der Waals surface area contributed by atoms with Crippen molar-refractivity contribution in [1.29, 1.82) is 5.26 Å². The lowest BCUT2D eigenvalue weighted by atomic mass is 10.3. The van der Waals surface area contributed by atoms with Crippen LogP contribution in [0.3, 0.4) is 0 Å². The van der Waals surface area contributed by atoms with Crippen LogP contribution in [0.5, 0.6) is 0 Å². The van der Waals surface area contributed by atoms with Crippen LogP contribution in [0.1, 0.15) is 23.4 Å². The van der Waals surface area contributed by atoms with Gasteiger partial charge in [-0.3, -0.25) is 0 Å². The quantitative estimate of drug-likeness (QED) is 0.805. The SMILES string of the molecule is Cc1cc(C#N)c(C)n1CCCn1ccnc1. The summed E-state index contributed by atoms with van der Waals surface area (Å²) in [5.74, 6) is 0. The normalized spacial score (nSPS) is 10.4. The predicted molar refractivity (Wildman–Crippen MR) is 65.5 cm³/mol. The van der Waals surface area contributed by atoms with Crippen molar-refractivity contribution in [2.75, 3.05) is 0 Å². The molecule has 2 aromatic rings. The van der Waals surface area contributed by atoms with Crippen LogP contribution >= 0.6 is 0 Å². The first-order valence-electron chi connectivity index (χ1n) is 5.75. The van der Waals surface area contributed by atoms with E-state index in [9.17, 15) is 0 Å². The maximum absolute atomic E-state index is 8.96. The van der Waals surface area contributed by atoms with Gasteiger partial charge >= 0.3 is 0 Å². The Hall–Kier alpha value is -2.02. The summed E-state index contributed by atoms with van der Waals surface area (Å²) in [6.07, 6.45) is 6.63. The van der Waals surface area contributed by atoms with E-state index in [0.29, 0.717) is 0 Å². The molecule has 17 heavy (non-hydrogen) atoms. The van der Waals surface area contributed by atoms with Crippen molar-refractivity contribution in [3.63, 3.8) is 0 Å². The molecule has 0 radical (unpaired) electrons. The Morgan fingerprint density at radius 3 is 2.76 bits per heavy atom. The molecule has 2 rings (SSSR count). The molecule has 88 valence electrons. The first kappa shape index (κ1) is 11.5. The van der Waals surface area contributed by atoms with Gasteiger partial charge in [0.1, 0.15) is 6.07 Å². The summed E-state index contributed by atoms with van der Waals surface area (Å²) >= 11 is 0. The molecule has 0 saturated heterocycles. The molecular weight excluding hydrogens is 212 g/mol. The van der Waals surface area contributed by atoms with Gasteiger partial charge in [0.2, 0.25) is 0 Å². The highest BCUT2D eigenvalue weighted by Gasteiger charge is 2.07. The van der Waals surface area contributed by atoms with Crippen LogP contribution in [0.4, 0.5) is 0 Å². The third kappa shape index (κ3) is 2.39. The molecule has 0 aliphatic carbocycles. The number of nitriles is 1. The number of hydrogen-bond donors (Lipinski definition) is 0. The Labute approximate surface area is 101 Å². The van der Waals surface area contributed by atoms with Crippen molar-refractivity contribution >= 4 is 0 Å². The highest BCUT2D eigenvalue weighted by atomic mass is 15.0. The lowest BCUT2D eigenvalue weighted by Crippen LogP contribution is -2.06. The van der Waals surface area contributed by atoms with E-state index in [-0.39, 0.29) is 0 Å². The lowest BCUT2D eigenvalue weighted by Gasteiger charge is -2.09. The average Bonchev–Trinajstić information content (AvgIpc) is 2.91. The van der Waals surface area contributed by atoms with Gasteiger partial charge < -0.3 is 9.13 Å². The van der Waals surface area contributed by atoms with Crippen LogP contribution in [0.25, 0.3) is 0 Å². The van der Waals surface area contributed by atoms with E-state index >= 15 is 0 Å². The molecule has 0 N–H and O–H groups in total. The summed E-state index contributed by atoms with van der Waals surface area (Å²) in [6, 6.07) is 4.18. The third-order valence-electron chi connectivity index (χ3n) is 3.05. The van der Waals surface area contributed by atoms with Gasteiger partial charge in [-0.2, -0.15) is 5.26 Å². The molecule has 4 heteroatoms. The van der Waals surface area contributed by atoms with Crippen molar-refractivity contribution in [3.8, 4) is 6.07 Å². The predicted octanol–water partition coefficient (Wildman–Crippen LogP) is 2.26. The monoisotopic (exact) mass is 228 g/mol. The molecule has 0 aromatic carbocycles. The molecule has 0 aliphatic heterocycles. The summed E-state index contributed by atoms with van der Waals surface area (Å²) in [5.41, 5.74) is 3.01. The molecule has 0 bridgehead atoms. The molecule has 4 nitrogen and oxygen atoms in total. The van der Waals surface area contributed by atoms with Crippen LogP contribution in [-0.4, -0.2) is 14.1 Å². The van der Waals surface area contributed by atoms with Crippen LogP contribution in [0.2, 0.25) is 0 Å². The van der Waals surface area contributed by atoms with Crippen molar-refractivity contribution in [2.45, 2.75) is 33.4 Å². The molecule has 0 atom stereocenters. The molecule has 0 spiro atoms. The summed E-state index contributed by atoms with van der Waals surface area (Å²) in [4.78, 5) is 4.01. The smallest absolute Gasteiger partial charge is 0.101 e. The molecular formula is C13H16N4. The van der Waals surface area contributed by atoms with E-state index in [1.807, 2.05) is 32.4 Å². The molecule has 2 heterocycles. The second-order valence-electron chi connectivity index (χ2n) is 4.20. The number of aromatic nitrogens is 3. The molecule has 0 saturated carbocycles. The van der Waals surface area contributed by atoms with Crippen molar-refractivity contribution in [1.82, 2.24) is 14.1 Å². The van der Waals surface area contributed by atoms with E-state index in [1.54, 1.807) is 6.20 Å². The molecule has 0 unspecified atom stereocenters. The first-order valence-corrected chi connectivity index (χ1v) is 5.75. The fraction of sp³-hybridized carbons (Fsp3) is 0.385. The van der Waals surface area contributed by atoms with Crippen LogP contribution in [0, 0.1) is 25.2 Å². The topological polar surface area (TPSA) is 46.5 Å². The molecule has 0 aliphatic rings. The van der Waals surface area contributed by atoms with Crippen molar-refractivity contribution in [3.05, 3.63) is 41.7 Å². The van der Waals surface area contributed by atoms with Gasteiger partial charge in [0.15, 0.2) is 0 Å². The minimum atomic E-state index is 0.783. The second-order valence-corrected chi connectivity index (χ2v) is 4.20. The van der Waals surface area contributed by atoms with E-state index in [1.165, 1.54) is 0 Å². The zero-order chi connectivity index (χ0) is 12.3. The summed E-state index contributed by atoms with van der Waals surface area (Å²) < 4.78 is 4.27. The highest BCUT2D eigenvalue weighted by Crippen LogP contribution is 2.14. The largest absolute Gasteiger partial charge is 0.348 e. The zero-order valence-corrected chi connectivity index (χ0v) is 10.2. The number of nitrogens with zero attached hydrogens (tertiary/aromatic N) is 4. The fourth-order valence-corrected chi connectivity index (χ4v) is 2.09. The highest BCUT2D eigenvalue weighted by molar-refractivity contribution is 5.37. The Morgan fingerprint density at radius 1 is 1.35 bits per heavy atom. The van der Waals surface area contributed by atoms with Crippen molar-refractivity contribution in [2.24, 2.45) is 0 Å². The Bertz CT molecular complexity index is 529. The maximum Gasteiger partial charge on any atom is 0.101 e. The first-order chi connectivity index (χ1) is 8.22. The Kier molecular flexibility index (Phi) is 3.29. The minimum Gasteiger partial charge on any atom is -0.348 e. The lowest BCUT2D eigenvalue weighted by molar-refractivity contribution is 0.551. The second kappa shape index (κ2) is 4.88. The molecule has 0 amide bonds. The standard InChI is InChI=1S/C13H16N4/c1-11-8-13(9-14)12(2)17(11)6-3-5-16-7-4-15-10-16/h4,7-8,10H,3,5-6H2,1-2H3. The van der Waals surface area contributed by atoms with Crippen molar-refractivity contribution < 1.29 is 0 Å². The van der Waals surface area contributed by atoms with Gasteiger partial charge in [0, 0.05) is 36.9 Å². The Balaban J connectivity index is 2.00. The van der Waals surface area contributed by atoms with Crippen LogP contribution in [0.15, 0.2) is 24.8 Å². The molecule has 0 fully saturated rings. The van der Waals surface area contributed by atoms with Gasteiger partial charge in [0.25, 0.3) is 0 Å². The van der Waals surface area contributed by atoms with E-state index < -0.39 is 0 Å². The summed E-state index contributed by atoms with van der Waals surface area (Å²) in [6.45, 7) is 5.95. The van der Waals surface area contributed by atoms with E-state index in [0.717, 1.165) is 36.5 Å². The average molecular weight is 228 g/mol.